The Bertz CT molecular complexity index is 435. The van der Waals surface area contributed by atoms with Crippen molar-refractivity contribution in [2.45, 2.75) is 30.9 Å². The van der Waals surface area contributed by atoms with Crippen molar-refractivity contribution in [3.05, 3.63) is 34.6 Å². The highest BCUT2D eigenvalue weighted by atomic mass is 35.5. The summed E-state index contributed by atoms with van der Waals surface area (Å²) in [7, 11) is 1.65. The predicted molar refractivity (Wildman–Crippen MR) is 72.9 cm³/mol. The van der Waals surface area contributed by atoms with Gasteiger partial charge in [0.25, 0.3) is 0 Å². The van der Waals surface area contributed by atoms with E-state index in [4.69, 9.17) is 26.8 Å². The molecule has 0 saturated carbocycles. The zero-order valence-electron chi connectivity index (χ0n) is 11.0. The molecule has 2 N–H and O–H groups in total. The van der Waals surface area contributed by atoms with Gasteiger partial charge in [-0.1, -0.05) is 23.7 Å². The molecule has 0 radical (unpaired) electrons. The second-order valence-corrected chi connectivity index (χ2v) is 5.31. The Balaban J connectivity index is 2.15. The van der Waals surface area contributed by atoms with Gasteiger partial charge in [-0.25, -0.2) is 4.39 Å². The van der Waals surface area contributed by atoms with Gasteiger partial charge in [0.15, 0.2) is 0 Å². The Morgan fingerprint density at radius 3 is 2.79 bits per heavy atom. The van der Waals surface area contributed by atoms with Crippen molar-refractivity contribution in [3.63, 3.8) is 0 Å². The molecule has 1 saturated heterocycles. The highest BCUT2D eigenvalue weighted by Gasteiger charge is 2.38. The van der Waals surface area contributed by atoms with Gasteiger partial charge in [-0.15, -0.1) is 0 Å². The van der Waals surface area contributed by atoms with E-state index in [0.717, 1.165) is 12.8 Å². The van der Waals surface area contributed by atoms with Crippen LogP contribution in [0.15, 0.2) is 18.2 Å². The molecule has 0 bridgehead atoms. The van der Waals surface area contributed by atoms with Gasteiger partial charge in [-0.2, -0.15) is 0 Å². The highest BCUT2D eigenvalue weighted by Crippen LogP contribution is 2.30. The van der Waals surface area contributed by atoms with Gasteiger partial charge in [0.2, 0.25) is 0 Å². The van der Waals surface area contributed by atoms with Gasteiger partial charge in [0, 0.05) is 39.2 Å². The van der Waals surface area contributed by atoms with Crippen LogP contribution in [0.5, 0.6) is 0 Å². The lowest BCUT2D eigenvalue weighted by molar-refractivity contribution is -0.103. The van der Waals surface area contributed by atoms with Gasteiger partial charge in [-0.05, 0) is 18.1 Å². The number of methoxy groups -OCH3 is 1. The molecule has 5 heteroatoms. The molecule has 0 amide bonds. The first-order chi connectivity index (χ1) is 9.09. The van der Waals surface area contributed by atoms with E-state index < -0.39 is 11.4 Å². The average molecular weight is 288 g/mol. The standard InChI is InChI=1S/C14H19ClFNO2/c1-18-14(5-7-19-8-6-14)12(17)9-10-3-2-4-11(15)13(10)16/h2-4,12H,5-9,17H2,1H3. The summed E-state index contributed by atoms with van der Waals surface area (Å²) in [6, 6.07) is 4.70. The summed E-state index contributed by atoms with van der Waals surface area (Å²) in [5, 5.41) is 0.128. The van der Waals surface area contributed by atoms with Crippen molar-refractivity contribution in [3.8, 4) is 0 Å². The van der Waals surface area contributed by atoms with Crippen LogP contribution in [0.3, 0.4) is 0 Å². The quantitative estimate of drug-likeness (QED) is 0.925. The molecule has 1 heterocycles. The Labute approximate surface area is 117 Å². The van der Waals surface area contributed by atoms with Crippen LogP contribution in [0.25, 0.3) is 0 Å². The van der Waals surface area contributed by atoms with Crippen LogP contribution in [0.4, 0.5) is 4.39 Å². The molecule has 3 nitrogen and oxygen atoms in total. The lowest BCUT2D eigenvalue weighted by Gasteiger charge is -2.40. The van der Waals surface area contributed by atoms with Crippen molar-refractivity contribution in [1.82, 2.24) is 0 Å². The smallest absolute Gasteiger partial charge is 0.145 e. The third-order valence-corrected chi connectivity index (χ3v) is 4.18. The van der Waals surface area contributed by atoms with Crippen molar-refractivity contribution in [2.24, 2.45) is 5.73 Å². The molecule has 1 fully saturated rings. The van der Waals surface area contributed by atoms with Crippen LogP contribution < -0.4 is 5.73 Å². The van der Waals surface area contributed by atoms with Crippen molar-refractivity contribution >= 4 is 11.6 Å². The maximum absolute atomic E-state index is 13.9. The van der Waals surface area contributed by atoms with Crippen molar-refractivity contribution in [2.75, 3.05) is 20.3 Å². The minimum Gasteiger partial charge on any atom is -0.381 e. The minimum absolute atomic E-state index is 0.128. The van der Waals surface area contributed by atoms with Crippen LogP contribution in [-0.2, 0) is 15.9 Å². The maximum atomic E-state index is 13.9. The first kappa shape index (κ1) is 14.7. The fraction of sp³-hybridized carbons (Fsp3) is 0.571. The number of hydrogen-bond acceptors (Lipinski definition) is 3. The number of ether oxygens (including phenoxy) is 2. The van der Waals surface area contributed by atoms with E-state index in [-0.39, 0.29) is 11.1 Å². The zero-order chi connectivity index (χ0) is 13.9. The molecular weight excluding hydrogens is 269 g/mol. The Morgan fingerprint density at radius 2 is 2.16 bits per heavy atom. The predicted octanol–water partition coefficient (Wildman–Crippen LogP) is 2.54. The number of halogens is 2. The largest absolute Gasteiger partial charge is 0.381 e. The number of nitrogens with two attached hydrogens (primary N) is 1. The fourth-order valence-corrected chi connectivity index (χ4v) is 2.77. The molecule has 1 aliphatic rings. The third kappa shape index (κ3) is 3.08. The van der Waals surface area contributed by atoms with Crippen molar-refractivity contribution in [1.29, 1.82) is 0 Å². The molecule has 1 aromatic rings. The van der Waals surface area contributed by atoms with Gasteiger partial charge in [0.05, 0.1) is 10.6 Å². The first-order valence-corrected chi connectivity index (χ1v) is 6.78. The van der Waals surface area contributed by atoms with Gasteiger partial charge < -0.3 is 15.2 Å². The van der Waals surface area contributed by atoms with Crippen LogP contribution in [0.1, 0.15) is 18.4 Å². The molecular formula is C14H19ClFNO2. The third-order valence-electron chi connectivity index (χ3n) is 3.89. The van der Waals surface area contributed by atoms with Crippen LogP contribution in [0.2, 0.25) is 5.02 Å². The fourth-order valence-electron chi connectivity index (χ4n) is 2.57. The van der Waals surface area contributed by atoms with Crippen LogP contribution >= 0.6 is 11.6 Å². The summed E-state index contributed by atoms with van der Waals surface area (Å²) in [6.45, 7) is 1.25. The molecule has 1 unspecified atom stereocenters. The van der Waals surface area contributed by atoms with E-state index in [1.54, 1.807) is 19.2 Å². The molecule has 1 atom stereocenters. The lowest BCUT2D eigenvalue weighted by atomic mass is 9.83. The second kappa shape index (κ2) is 6.18. The molecule has 106 valence electrons. The Kier molecular flexibility index (Phi) is 4.79. The van der Waals surface area contributed by atoms with Gasteiger partial charge >= 0.3 is 0 Å². The minimum atomic E-state index is -0.437. The SMILES string of the molecule is COC1(C(N)Cc2cccc(Cl)c2F)CCOCC1. The molecule has 1 aliphatic heterocycles. The monoisotopic (exact) mass is 287 g/mol. The molecule has 0 spiro atoms. The van der Waals surface area contributed by atoms with Gasteiger partial charge in [-0.3, -0.25) is 0 Å². The second-order valence-electron chi connectivity index (χ2n) is 4.90. The van der Waals surface area contributed by atoms with E-state index in [9.17, 15) is 4.39 Å². The van der Waals surface area contributed by atoms with E-state index in [1.165, 1.54) is 6.07 Å². The van der Waals surface area contributed by atoms with E-state index in [0.29, 0.717) is 25.2 Å². The van der Waals surface area contributed by atoms with Gasteiger partial charge in [0.1, 0.15) is 5.82 Å². The number of benzene rings is 1. The summed E-state index contributed by atoms with van der Waals surface area (Å²) >= 11 is 5.78. The lowest BCUT2D eigenvalue weighted by Crippen LogP contribution is -2.54. The number of rotatable bonds is 4. The average Bonchev–Trinajstić information content (AvgIpc) is 2.44. The first-order valence-electron chi connectivity index (χ1n) is 6.40. The maximum Gasteiger partial charge on any atom is 0.145 e. The summed E-state index contributed by atoms with van der Waals surface area (Å²) in [5.41, 5.74) is 6.35. The number of hydrogen-bond donors (Lipinski definition) is 1. The van der Waals surface area contributed by atoms with E-state index in [1.807, 2.05) is 0 Å². The zero-order valence-corrected chi connectivity index (χ0v) is 11.8. The summed E-state index contributed by atoms with van der Waals surface area (Å²) in [5.74, 6) is -0.391. The van der Waals surface area contributed by atoms with Crippen LogP contribution in [-0.4, -0.2) is 32.0 Å². The molecule has 0 aromatic heterocycles. The Hall–Kier alpha value is -0.680. The topological polar surface area (TPSA) is 44.5 Å². The highest BCUT2D eigenvalue weighted by molar-refractivity contribution is 6.30. The molecule has 19 heavy (non-hydrogen) atoms. The normalized spacial score (nSPS) is 20.2. The van der Waals surface area contributed by atoms with E-state index >= 15 is 0 Å². The molecule has 0 aliphatic carbocycles. The van der Waals surface area contributed by atoms with Crippen LogP contribution in [0, 0.1) is 5.82 Å². The summed E-state index contributed by atoms with van der Waals surface area (Å²) in [4.78, 5) is 0. The molecule has 2 rings (SSSR count). The summed E-state index contributed by atoms with van der Waals surface area (Å²) in [6.07, 6.45) is 1.86. The Morgan fingerprint density at radius 1 is 1.47 bits per heavy atom. The summed E-state index contributed by atoms with van der Waals surface area (Å²) < 4.78 is 24.9. The van der Waals surface area contributed by atoms with Crippen molar-refractivity contribution < 1.29 is 13.9 Å². The van der Waals surface area contributed by atoms with E-state index in [2.05, 4.69) is 0 Å². The molecule has 1 aromatic carbocycles.